The number of halogens is 3. The summed E-state index contributed by atoms with van der Waals surface area (Å²) in [5.74, 6) is -0.897. The Morgan fingerprint density at radius 2 is 2.03 bits per heavy atom. The van der Waals surface area contributed by atoms with Gasteiger partial charge in [-0.2, -0.15) is 13.2 Å². The van der Waals surface area contributed by atoms with Gasteiger partial charge < -0.3 is 9.88 Å². The zero-order valence-electron chi connectivity index (χ0n) is 15.3. The van der Waals surface area contributed by atoms with Crippen LogP contribution in [0.2, 0.25) is 0 Å². The van der Waals surface area contributed by atoms with Crippen LogP contribution < -0.4 is 5.32 Å². The van der Waals surface area contributed by atoms with E-state index in [-0.39, 0.29) is 5.75 Å². The number of nitrogens with zero attached hydrogens (tertiary/aromatic N) is 3. The molecule has 11 heteroatoms. The third kappa shape index (κ3) is 4.62. The fraction of sp³-hybridized carbons (Fsp3) is 0.158. The number of carbonyl (C=O) groups is 1. The number of nitro benzene ring substituents is 1. The summed E-state index contributed by atoms with van der Waals surface area (Å²) in [6.07, 6.45) is -3.19. The first-order chi connectivity index (χ1) is 14.2. The predicted octanol–water partition coefficient (Wildman–Crippen LogP) is 4.88. The number of anilines is 1. The van der Waals surface area contributed by atoms with Crippen molar-refractivity contribution >= 4 is 40.1 Å². The van der Waals surface area contributed by atoms with Gasteiger partial charge in [0, 0.05) is 18.7 Å². The number of rotatable bonds is 7. The molecule has 30 heavy (non-hydrogen) atoms. The quantitative estimate of drug-likeness (QED) is 0.247. The van der Waals surface area contributed by atoms with Gasteiger partial charge in [-0.05, 0) is 18.2 Å². The van der Waals surface area contributed by atoms with Crippen LogP contribution in [0.15, 0.2) is 60.3 Å². The highest BCUT2D eigenvalue weighted by molar-refractivity contribution is 7.99. The van der Waals surface area contributed by atoms with E-state index in [1.54, 1.807) is 6.08 Å². The topological polar surface area (TPSA) is 90.1 Å². The van der Waals surface area contributed by atoms with Crippen molar-refractivity contribution < 1.29 is 22.9 Å². The lowest BCUT2D eigenvalue weighted by atomic mass is 10.1. The first-order valence-electron chi connectivity index (χ1n) is 8.55. The molecule has 0 atom stereocenters. The van der Waals surface area contributed by atoms with Crippen molar-refractivity contribution in [1.29, 1.82) is 0 Å². The average molecular weight is 436 g/mol. The summed E-state index contributed by atoms with van der Waals surface area (Å²) in [5, 5.41) is 13.5. The molecule has 1 aromatic heterocycles. The highest BCUT2D eigenvalue weighted by Gasteiger charge is 2.35. The Labute approximate surface area is 172 Å². The molecule has 0 aliphatic carbocycles. The number of fused-ring (bicyclic) bond motifs is 1. The van der Waals surface area contributed by atoms with Crippen LogP contribution in [0.3, 0.4) is 0 Å². The molecule has 0 saturated heterocycles. The Morgan fingerprint density at radius 3 is 2.70 bits per heavy atom. The zero-order valence-corrected chi connectivity index (χ0v) is 16.2. The number of allylic oxidation sites excluding steroid dienone is 1. The second-order valence-electron chi connectivity index (χ2n) is 6.10. The van der Waals surface area contributed by atoms with E-state index in [0.717, 1.165) is 34.9 Å². The van der Waals surface area contributed by atoms with Gasteiger partial charge in [-0.1, -0.05) is 30.0 Å². The van der Waals surface area contributed by atoms with Crippen LogP contribution in [0.5, 0.6) is 0 Å². The molecular formula is C19H15F3N4O3S. The molecule has 156 valence electrons. The molecule has 0 bridgehead atoms. The number of alkyl halides is 3. The summed E-state index contributed by atoms with van der Waals surface area (Å²) < 4.78 is 41.6. The summed E-state index contributed by atoms with van der Waals surface area (Å²) in [5.41, 5.74) is -0.980. The normalized spacial score (nSPS) is 11.4. The molecular weight excluding hydrogens is 421 g/mol. The van der Waals surface area contributed by atoms with E-state index in [4.69, 9.17) is 0 Å². The smallest absolute Gasteiger partial charge is 0.325 e. The maximum absolute atomic E-state index is 13.2. The standard InChI is InChI=1S/C19H15F3N4O3S/c1-2-9-25-16-6-4-3-5-15(16)24-18(25)30-11-17(27)23-14-8-7-12(26(28)29)10-13(14)19(20,21)22/h2-8,10H,1,9,11H2,(H,23,27). The summed E-state index contributed by atoms with van der Waals surface area (Å²) in [6, 6.07) is 9.51. The first kappa shape index (κ1) is 21.4. The van der Waals surface area contributed by atoms with Gasteiger partial charge in [-0.3, -0.25) is 14.9 Å². The second kappa shape index (κ2) is 8.57. The minimum atomic E-state index is -4.86. The van der Waals surface area contributed by atoms with Gasteiger partial charge in [0.2, 0.25) is 5.91 Å². The molecule has 0 saturated carbocycles. The van der Waals surface area contributed by atoms with Crippen molar-refractivity contribution in [3.8, 4) is 0 Å². The third-order valence-electron chi connectivity index (χ3n) is 4.06. The Hall–Kier alpha value is -3.34. The second-order valence-corrected chi connectivity index (χ2v) is 7.05. The first-order valence-corrected chi connectivity index (χ1v) is 9.53. The van der Waals surface area contributed by atoms with Crippen molar-refractivity contribution in [3.05, 3.63) is 70.8 Å². The molecule has 0 aliphatic heterocycles. The third-order valence-corrected chi connectivity index (χ3v) is 5.03. The minimum Gasteiger partial charge on any atom is -0.325 e. The zero-order chi connectivity index (χ0) is 21.9. The lowest BCUT2D eigenvalue weighted by molar-refractivity contribution is -0.385. The largest absolute Gasteiger partial charge is 0.418 e. The molecule has 3 aromatic rings. The van der Waals surface area contributed by atoms with Crippen LogP contribution in [0, 0.1) is 10.1 Å². The number of para-hydroxylation sites is 2. The average Bonchev–Trinajstić information content (AvgIpc) is 3.04. The van der Waals surface area contributed by atoms with Gasteiger partial charge in [0.05, 0.1) is 33.0 Å². The Balaban J connectivity index is 1.79. The Bertz CT molecular complexity index is 1130. The SMILES string of the molecule is C=CCn1c(SCC(=O)Nc2ccc([N+](=O)[O-])cc2C(F)(F)F)nc2ccccc21. The number of nitrogens with one attached hydrogen (secondary N) is 1. The van der Waals surface area contributed by atoms with E-state index in [0.29, 0.717) is 17.8 Å². The maximum atomic E-state index is 13.2. The van der Waals surface area contributed by atoms with Crippen LogP contribution in [0.1, 0.15) is 5.56 Å². The molecule has 1 N–H and O–H groups in total. The van der Waals surface area contributed by atoms with Crippen LogP contribution in [-0.4, -0.2) is 26.1 Å². The van der Waals surface area contributed by atoms with E-state index in [1.807, 2.05) is 28.8 Å². The summed E-state index contributed by atoms with van der Waals surface area (Å²) in [7, 11) is 0. The molecule has 2 aromatic carbocycles. The highest BCUT2D eigenvalue weighted by Crippen LogP contribution is 2.37. The van der Waals surface area contributed by atoms with Gasteiger partial charge >= 0.3 is 6.18 Å². The number of amides is 1. The van der Waals surface area contributed by atoms with Crippen molar-refractivity contribution in [2.75, 3.05) is 11.1 Å². The van der Waals surface area contributed by atoms with Crippen LogP contribution in [0.4, 0.5) is 24.5 Å². The van der Waals surface area contributed by atoms with Gasteiger partial charge in [0.25, 0.3) is 5.69 Å². The number of nitro groups is 1. The van der Waals surface area contributed by atoms with Crippen molar-refractivity contribution in [1.82, 2.24) is 9.55 Å². The number of benzene rings is 2. The van der Waals surface area contributed by atoms with Gasteiger partial charge in [0.15, 0.2) is 5.16 Å². The van der Waals surface area contributed by atoms with Crippen LogP contribution in [-0.2, 0) is 17.5 Å². The summed E-state index contributed by atoms with van der Waals surface area (Å²) in [4.78, 5) is 26.6. The molecule has 0 unspecified atom stereocenters. The van der Waals surface area contributed by atoms with Crippen LogP contribution >= 0.6 is 11.8 Å². The van der Waals surface area contributed by atoms with E-state index >= 15 is 0 Å². The summed E-state index contributed by atoms with van der Waals surface area (Å²) >= 11 is 1.06. The number of carbonyl (C=O) groups excluding carboxylic acids is 1. The van der Waals surface area contributed by atoms with E-state index in [9.17, 15) is 28.1 Å². The fourth-order valence-electron chi connectivity index (χ4n) is 2.77. The number of non-ortho nitro benzene ring substituents is 1. The molecule has 0 aliphatic rings. The number of hydrogen-bond acceptors (Lipinski definition) is 5. The minimum absolute atomic E-state index is 0.200. The van der Waals surface area contributed by atoms with Gasteiger partial charge in [0.1, 0.15) is 0 Å². The molecule has 0 spiro atoms. The molecule has 1 heterocycles. The predicted molar refractivity (Wildman–Crippen MR) is 107 cm³/mol. The van der Waals surface area contributed by atoms with Gasteiger partial charge in [-0.25, -0.2) is 4.98 Å². The Morgan fingerprint density at radius 1 is 1.30 bits per heavy atom. The molecule has 1 amide bonds. The molecule has 7 nitrogen and oxygen atoms in total. The molecule has 0 fully saturated rings. The lowest BCUT2D eigenvalue weighted by Gasteiger charge is -2.13. The monoisotopic (exact) mass is 436 g/mol. The van der Waals surface area contributed by atoms with Crippen molar-refractivity contribution in [3.63, 3.8) is 0 Å². The molecule has 3 rings (SSSR count). The fourth-order valence-corrected chi connectivity index (χ4v) is 3.60. The highest BCUT2D eigenvalue weighted by atomic mass is 32.2. The number of hydrogen-bond donors (Lipinski definition) is 1. The van der Waals surface area contributed by atoms with Crippen molar-refractivity contribution in [2.45, 2.75) is 17.9 Å². The maximum Gasteiger partial charge on any atom is 0.418 e. The number of aromatic nitrogens is 2. The van der Waals surface area contributed by atoms with E-state index in [1.165, 1.54) is 0 Å². The Kier molecular flexibility index (Phi) is 6.11. The van der Waals surface area contributed by atoms with Crippen molar-refractivity contribution in [2.24, 2.45) is 0 Å². The molecule has 0 radical (unpaired) electrons. The number of thioether (sulfide) groups is 1. The van der Waals surface area contributed by atoms with Crippen LogP contribution in [0.25, 0.3) is 11.0 Å². The lowest BCUT2D eigenvalue weighted by Crippen LogP contribution is -2.18. The van der Waals surface area contributed by atoms with E-state index < -0.39 is 33.9 Å². The van der Waals surface area contributed by atoms with Gasteiger partial charge in [-0.15, -0.1) is 6.58 Å². The van der Waals surface area contributed by atoms with E-state index in [2.05, 4.69) is 16.9 Å². The summed E-state index contributed by atoms with van der Waals surface area (Å²) in [6.45, 7) is 4.14. The number of imidazole rings is 1.